The highest BCUT2D eigenvalue weighted by atomic mass is 19.1. The second kappa shape index (κ2) is 3.87. The van der Waals surface area contributed by atoms with E-state index >= 15 is 0 Å². The van der Waals surface area contributed by atoms with E-state index in [1.165, 1.54) is 6.07 Å². The van der Waals surface area contributed by atoms with Crippen LogP contribution in [-0.2, 0) is 10.2 Å². The average Bonchev–Trinajstić information content (AvgIpc) is 2.19. The zero-order chi connectivity index (χ0) is 11.8. The highest BCUT2D eigenvalue weighted by Crippen LogP contribution is 2.48. The number of nitrogens with two attached hydrogens (primary N) is 1. The summed E-state index contributed by atoms with van der Waals surface area (Å²) in [6.07, 6.45) is 0.861. The normalized spacial score (nSPS) is 28.5. The number of carboxylic acids is 1. The molecule has 1 aromatic carbocycles. The zero-order valence-electron chi connectivity index (χ0n) is 8.82. The first kappa shape index (κ1) is 11.1. The Labute approximate surface area is 93.1 Å². The number of carbonyl (C=O) groups is 1. The Hall–Kier alpha value is -1.42. The maximum Gasteiger partial charge on any atom is 0.314 e. The van der Waals surface area contributed by atoms with Gasteiger partial charge in [0, 0.05) is 5.56 Å². The van der Waals surface area contributed by atoms with E-state index in [1.54, 1.807) is 18.2 Å². The number of halogens is 1. The lowest BCUT2D eigenvalue weighted by atomic mass is 9.58. The van der Waals surface area contributed by atoms with Crippen LogP contribution in [0.2, 0.25) is 0 Å². The average molecular weight is 223 g/mol. The molecule has 3 nitrogen and oxygen atoms in total. The van der Waals surface area contributed by atoms with Gasteiger partial charge in [0.2, 0.25) is 0 Å². The number of benzene rings is 1. The highest BCUT2D eigenvalue weighted by molar-refractivity contribution is 5.82. The van der Waals surface area contributed by atoms with Gasteiger partial charge in [-0.05, 0) is 31.4 Å². The maximum atomic E-state index is 13.6. The number of carboxylic acid groups (broad SMARTS) is 1. The van der Waals surface area contributed by atoms with Crippen LogP contribution in [0.1, 0.15) is 18.4 Å². The Morgan fingerprint density at radius 2 is 2.12 bits per heavy atom. The van der Waals surface area contributed by atoms with E-state index in [4.69, 9.17) is 5.73 Å². The van der Waals surface area contributed by atoms with E-state index in [2.05, 4.69) is 0 Å². The number of aliphatic carboxylic acids is 1. The predicted molar refractivity (Wildman–Crippen MR) is 57.5 cm³/mol. The molecule has 1 aromatic rings. The monoisotopic (exact) mass is 223 g/mol. The molecule has 1 aliphatic rings. The maximum absolute atomic E-state index is 13.6. The van der Waals surface area contributed by atoms with Gasteiger partial charge in [0.25, 0.3) is 0 Å². The van der Waals surface area contributed by atoms with Crippen LogP contribution < -0.4 is 5.73 Å². The van der Waals surface area contributed by atoms with Crippen molar-refractivity contribution in [3.63, 3.8) is 0 Å². The Kier molecular flexibility index (Phi) is 2.68. The molecule has 1 aliphatic carbocycles. The molecule has 86 valence electrons. The molecule has 0 amide bonds. The first-order chi connectivity index (χ1) is 7.60. The van der Waals surface area contributed by atoms with E-state index in [-0.39, 0.29) is 11.5 Å². The van der Waals surface area contributed by atoms with Crippen LogP contribution in [-0.4, -0.2) is 17.6 Å². The molecule has 2 rings (SSSR count). The Morgan fingerprint density at radius 1 is 1.50 bits per heavy atom. The van der Waals surface area contributed by atoms with E-state index in [0.717, 1.165) is 0 Å². The molecule has 4 heteroatoms. The standard InChI is InChI=1S/C12H14FNO2/c13-10-4-2-1-3-9(10)12(11(15)16)5-8(6-12)7-14/h1-4,8H,5-7,14H2,(H,15,16). The lowest BCUT2D eigenvalue weighted by molar-refractivity contribution is -0.149. The Morgan fingerprint density at radius 3 is 2.62 bits per heavy atom. The Bertz CT molecular complexity index is 413. The fourth-order valence-electron chi connectivity index (χ4n) is 2.45. The van der Waals surface area contributed by atoms with Crippen LogP contribution in [0.15, 0.2) is 24.3 Å². The summed E-state index contributed by atoms with van der Waals surface area (Å²) in [5.74, 6) is -1.21. The molecule has 0 radical (unpaired) electrons. The van der Waals surface area contributed by atoms with Crippen molar-refractivity contribution in [2.24, 2.45) is 11.7 Å². The van der Waals surface area contributed by atoms with Crippen molar-refractivity contribution in [3.8, 4) is 0 Å². The van der Waals surface area contributed by atoms with Gasteiger partial charge in [-0.15, -0.1) is 0 Å². The third-order valence-electron chi connectivity index (χ3n) is 3.41. The molecule has 1 saturated carbocycles. The van der Waals surface area contributed by atoms with Gasteiger partial charge in [0.15, 0.2) is 0 Å². The molecule has 0 bridgehead atoms. The Balaban J connectivity index is 2.36. The zero-order valence-corrected chi connectivity index (χ0v) is 8.82. The van der Waals surface area contributed by atoms with Crippen molar-refractivity contribution in [2.45, 2.75) is 18.3 Å². The van der Waals surface area contributed by atoms with Crippen molar-refractivity contribution < 1.29 is 14.3 Å². The van der Waals surface area contributed by atoms with E-state index in [0.29, 0.717) is 19.4 Å². The van der Waals surface area contributed by atoms with Crippen molar-refractivity contribution >= 4 is 5.97 Å². The largest absolute Gasteiger partial charge is 0.481 e. The number of rotatable bonds is 3. The van der Waals surface area contributed by atoms with Gasteiger partial charge in [-0.3, -0.25) is 4.79 Å². The molecule has 0 aliphatic heterocycles. The summed E-state index contributed by atoms with van der Waals surface area (Å²) in [7, 11) is 0. The fourth-order valence-corrected chi connectivity index (χ4v) is 2.45. The summed E-state index contributed by atoms with van der Waals surface area (Å²) in [6.45, 7) is 0.462. The number of hydrogen-bond acceptors (Lipinski definition) is 2. The summed E-state index contributed by atoms with van der Waals surface area (Å²) in [5, 5.41) is 9.27. The van der Waals surface area contributed by atoms with Crippen molar-refractivity contribution in [2.75, 3.05) is 6.54 Å². The summed E-state index contributed by atoms with van der Waals surface area (Å²) < 4.78 is 13.6. The molecule has 0 atom stereocenters. The van der Waals surface area contributed by atoms with E-state index in [9.17, 15) is 14.3 Å². The van der Waals surface area contributed by atoms with Gasteiger partial charge >= 0.3 is 5.97 Å². The topological polar surface area (TPSA) is 63.3 Å². The first-order valence-electron chi connectivity index (χ1n) is 5.28. The minimum atomic E-state index is -1.06. The third kappa shape index (κ3) is 1.50. The van der Waals surface area contributed by atoms with E-state index < -0.39 is 17.2 Å². The molecule has 0 unspecified atom stereocenters. The van der Waals surface area contributed by atoms with Crippen molar-refractivity contribution in [1.82, 2.24) is 0 Å². The van der Waals surface area contributed by atoms with Crippen LogP contribution >= 0.6 is 0 Å². The van der Waals surface area contributed by atoms with Crippen LogP contribution in [0.4, 0.5) is 4.39 Å². The van der Waals surface area contributed by atoms with Gasteiger partial charge in [0.05, 0.1) is 5.41 Å². The molecular weight excluding hydrogens is 209 g/mol. The smallest absolute Gasteiger partial charge is 0.314 e. The first-order valence-corrected chi connectivity index (χ1v) is 5.28. The van der Waals surface area contributed by atoms with Crippen LogP contribution in [0.3, 0.4) is 0 Å². The van der Waals surface area contributed by atoms with Gasteiger partial charge in [-0.2, -0.15) is 0 Å². The van der Waals surface area contributed by atoms with Gasteiger partial charge in [-0.25, -0.2) is 4.39 Å². The number of hydrogen-bond donors (Lipinski definition) is 2. The summed E-state index contributed by atoms with van der Waals surface area (Å²) in [4.78, 5) is 11.3. The summed E-state index contributed by atoms with van der Waals surface area (Å²) in [5.41, 5.74) is 4.71. The fraction of sp³-hybridized carbons (Fsp3) is 0.417. The van der Waals surface area contributed by atoms with Gasteiger partial charge in [0.1, 0.15) is 5.82 Å². The SMILES string of the molecule is NCC1CC(C(=O)O)(c2ccccc2F)C1. The van der Waals surface area contributed by atoms with Crippen LogP contribution in [0.5, 0.6) is 0 Å². The highest BCUT2D eigenvalue weighted by Gasteiger charge is 2.52. The molecule has 3 N–H and O–H groups in total. The molecule has 1 fully saturated rings. The lowest BCUT2D eigenvalue weighted by Crippen LogP contribution is -2.50. The van der Waals surface area contributed by atoms with Crippen LogP contribution in [0, 0.1) is 11.7 Å². The molecule has 0 saturated heterocycles. The van der Waals surface area contributed by atoms with Crippen LogP contribution in [0.25, 0.3) is 0 Å². The molecule has 0 heterocycles. The molecule has 16 heavy (non-hydrogen) atoms. The van der Waals surface area contributed by atoms with Gasteiger partial charge < -0.3 is 10.8 Å². The van der Waals surface area contributed by atoms with Crippen molar-refractivity contribution in [3.05, 3.63) is 35.6 Å². The summed E-state index contributed by atoms with van der Waals surface area (Å²) >= 11 is 0. The van der Waals surface area contributed by atoms with Gasteiger partial charge in [-0.1, -0.05) is 18.2 Å². The minimum Gasteiger partial charge on any atom is -0.481 e. The molecule has 0 aromatic heterocycles. The second-order valence-electron chi connectivity index (χ2n) is 4.38. The second-order valence-corrected chi connectivity index (χ2v) is 4.38. The quantitative estimate of drug-likeness (QED) is 0.816. The third-order valence-corrected chi connectivity index (χ3v) is 3.41. The van der Waals surface area contributed by atoms with Crippen molar-refractivity contribution in [1.29, 1.82) is 0 Å². The van der Waals surface area contributed by atoms with E-state index in [1.807, 2.05) is 0 Å². The molecule has 0 spiro atoms. The predicted octanol–water partition coefficient (Wildman–Crippen LogP) is 1.52. The molecular formula is C12H14FNO2. The lowest BCUT2D eigenvalue weighted by Gasteiger charge is -2.44. The minimum absolute atomic E-state index is 0.190. The summed E-state index contributed by atoms with van der Waals surface area (Å²) in [6, 6.07) is 6.08.